The van der Waals surface area contributed by atoms with Crippen LogP contribution in [-0.4, -0.2) is 29.9 Å². The first kappa shape index (κ1) is 15.6. The van der Waals surface area contributed by atoms with Gasteiger partial charge in [0, 0.05) is 0 Å². The van der Waals surface area contributed by atoms with Gasteiger partial charge < -0.3 is 14.2 Å². The highest BCUT2D eigenvalue weighted by atomic mass is 31.2. The lowest BCUT2D eigenvalue weighted by atomic mass is 9.92. The Morgan fingerprint density at radius 3 is 1.81 bits per heavy atom. The van der Waals surface area contributed by atoms with Crippen LogP contribution in [0.15, 0.2) is 0 Å². The van der Waals surface area contributed by atoms with E-state index in [0.29, 0.717) is 0 Å². The molecule has 0 heterocycles. The Labute approximate surface area is 96.7 Å². The van der Waals surface area contributed by atoms with Crippen LogP contribution in [0.25, 0.3) is 0 Å². The number of hydrogen-bond donors (Lipinski definition) is 1. The minimum atomic E-state index is -3.61. The third-order valence-electron chi connectivity index (χ3n) is 1.99. The molecule has 1 N–H and O–H groups in total. The van der Waals surface area contributed by atoms with E-state index in [2.05, 4.69) is 0 Å². The van der Waals surface area contributed by atoms with Gasteiger partial charge in [0.2, 0.25) is 0 Å². The maximum Gasteiger partial charge on any atom is 0.345 e. The molecule has 5 nitrogen and oxygen atoms in total. The summed E-state index contributed by atoms with van der Waals surface area (Å²) in [5.41, 5.74) is -1.84. The summed E-state index contributed by atoms with van der Waals surface area (Å²) in [7, 11) is -3.61. The molecular weight excluding hydrogens is 231 g/mol. The molecule has 96 valence electrons. The molecule has 0 bridgehead atoms. The highest BCUT2D eigenvalue weighted by molar-refractivity contribution is 7.55. The fraction of sp³-hybridized carbons (Fsp3) is 0.900. The van der Waals surface area contributed by atoms with Gasteiger partial charge in [-0.15, -0.1) is 0 Å². The Morgan fingerprint density at radius 2 is 1.62 bits per heavy atom. The summed E-state index contributed by atoms with van der Waals surface area (Å²) in [6.45, 7) is 8.76. The van der Waals surface area contributed by atoms with Gasteiger partial charge in [-0.2, -0.15) is 0 Å². The zero-order valence-corrected chi connectivity index (χ0v) is 11.4. The first-order valence-electron chi connectivity index (χ1n) is 5.30. The van der Waals surface area contributed by atoms with E-state index in [4.69, 9.17) is 14.2 Å². The molecule has 0 rings (SSSR count). The third-order valence-corrected chi connectivity index (χ3v) is 4.85. The van der Waals surface area contributed by atoms with E-state index in [1.165, 1.54) is 0 Å². The fourth-order valence-electron chi connectivity index (χ4n) is 1.53. The molecule has 0 spiro atoms. The van der Waals surface area contributed by atoms with Gasteiger partial charge in [0.05, 0.1) is 13.2 Å². The van der Waals surface area contributed by atoms with Crippen molar-refractivity contribution in [1.82, 2.24) is 0 Å². The number of carboxylic acids is 1. The molecule has 1 atom stereocenters. The molecule has 0 aliphatic carbocycles. The van der Waals surface area contributed by atoms with Crippen LogP contribution in [0.5, 0.6) is 0 Å². The minimum absolute atomic E-state index is 0.164. The van der Waals surface area contributed by atoms with Crippen molar-refractivity contribution in [3.05, 3.63) is 0 Å². The first-order valence-corrected chi connectivity index (χ1v) is 6.91. The molecule has 0 aromatic carbocycles. The SMILES string of the molecule is CCOP(=O)(OCC)C(C(=O)O)C(C)(C)C. The van der Waals surface area contributed by atoms with E-state index in [1.807, 2.05) is 0 Å². The first-order chi connectivity index (χ1) is 7.19. The standard InChI is InChI=1S/C10H21O5P/c1-6-14-16(13,15-7-2)8(9(11)12)10(3,4)5/h8H,6-7H2,1-5H3,(H,11,12). The predicted octanol–water partition coefficient (Wildman–Crippen LogP) is 2.75. The Bertz CT molecular complexity index is 271. The van der Waals surface area contributed by atoms with E-state index in [1.54, 1.807) is 34.6 Å². The molecule has 16 heavy (non-hydrogen) atoms. The molecule has 0 amide bonds. The number of rotatable bonds is 6. The topological polar surface area (TPSA) is 72.8 Å². The number of hydrogen-bond acceptors (Lipinski definition) is 4. The molecule has 6 heteroatoms. The lowest BCUT2D eigenvalue weighted by Crippen LogP contribution is -2.35. The van der Waals surface area contributed by atoms with E-state index < -0.39 is 24.6 Å². The monoisotopic (exact) mass is 252 g/mol. The van der Waals surface area contributed by atoms with Gasteiger partial charge in [0.25, 0.3) is 0 Å². The largest absolute Gasteiger partial charge is 0.481 e. The summed E-state index contributed by atoms with van der Waals surface area (Å²) < 4.78 is 22.5. The maximum absolute atomic E-state index is 12.4. The Morgan fingerprint density at radius 1 is 1.25 bits per heavy atom. The van der Waals surface area contributed by atoms with Crippen LogP contribution in [0.3, 0.4) is 0 Å². The predicted molar refractivity (Wildman–Crippen MR) is 61.7 cm³/mol. The highest BCUT2D eigenvalue weighted by Gasteiger charge is 2.48. The van der Waals surface area contributed by atoms with Crippen molar-refractivity contribution in [3.8, 4) is 0 Å². The lowest BCUT2D eigenvalue weighted by molar-refractivity contribution is -0.139. The normalized spacial score (nSPS) is 14.8. The minimum Gasteiger partial charge on any atom is -0.481 e. The summed E-state index contributed by atoms with van der Waals surface area (Å²) in [6, 6.07) is 0. The van der Waals surface area contributed by atoms with E-state index in [-0.39, 0.29) is 13.2 Å². The summed E-state index contributed by atoms with van der Waals surface area (Å²) in [6.07, 6.45) is 0. The second-order valence-electron chi connectivity index (χ2n) is 4.48. The molecule has 0 radical (unpaired) electrons. The average molecular weight is 252 g/mol. The van der Waals surface area contributed by atoms with Crippen LogP contribution in [0.2, 0.25) is 0 Å². The number of carboxylic acid groups (broad SMARTS) is 1. The second kappa shape index (κ2) is 5.80. The summed E-state index contributed by atoms with van der Waals surface area (Å²) >= 11 is 0. The lowest BCUT2D eigenvalue weighted by Gasteiger charge is -2.32. The number of carbonyl (C=O) groups is 1. The van der Waals surface area contributed by atoms with Gasteiger partial charge >= 0.3 is 13.6 Å². The molecule has 0 aromatic rings. The summed E-state index contributed by atoms with van der Waals surface area (Å²) in [5.74, 6) is -1.15. The van der Waals surface area contributed by atoms with Crippen LogP contribution < -0.4 is 0 Å². The quantitative estimate of drug-likeness (QED) is 0.736. The molecule has 0 fully saturated rings. The van der Waals surface area contributed by atoms with Gasteiger partial charge in [0.1, 0.15) is 0 Å². The van der Waals surface area contributed by atoms with E-state index >= 15 is 0 Å². The van der Waals surface area contributed by atoms with Crippen molar-refractivity contribution >= 4 is 13.6 Å². The Balaban J connectivity index is 5.27. The van der Waals surface area contributed by atoms with Crippen molar-refractivity contribution in [2.45, 2.75) is 40.3 Å². The smallest absolute Gasteiger partial charge is 0.345 e. The van der Waals surface area contributed by atoms with Gasteiger partial charge in [-0.25, -0.2) is 0 Å². The van der Waals surface area contributed by atoms with Gasteiger partial charge in [-0.3, -0.25) is 9.36 Å². The van der Waals surface area contributed by atoms with Gasteiger partial charge in [-0.1, -0.05) is 20.8 Å². The summed E-state index contributed by atoms with van der Waals surface area (Å²) in [4.78, 5) is 11.2. The Kier molecular flexibility index (Phi) is 5.66. The molecule has 0 aliphatic rings. The summed E-state index contributed by atoms with van der Waals surface area (Å²) in [5, 5.41) is 9.17. The van der Waals surface area contributed by atoms with Crippen molar-refractivity contribution in [2.75, 3.05) is 13.2 Å². The van der Waals surface area contributed by atoms with Crippen LogP contribution >= 0.6 is 7.60 Å². The molecule has 0 aliphatic heterocycles. The van der Waals surface area contributed by atoms with Crippen LogP contribution in [0.1, 0.15) is 34.6 Å². The average Bonchev–Trinajstić information content (AvgIpc) is 1.99. The van der Waals surface area contributed by atoms with Crippen molar-refractivity contribution in [2.24, 2.45) is 5.41 Å². The van der Waals surface area contributed by atoms with E-state index in [0.717, 1.165) is 0 Å². The maximum atomic E-state index is 12.4. The van der Waals surface area contributed by atoms with Crippen molar-refractivity contribution in [1.29, 1.82) is 0 Å². The molecule has 1 unspecified atom stereocenters. The zero-order valence-electron chi connectivity index (χ0n) is 10.5. The van der Waals surface area contributed by atoms with Crippen LogP contribution in [0.4, 0.5) is 0 Å². The molecule has 0 aromatic heterocycles. The van der Waals surface area contributed by atoms with Crippen molar-refractivity contribution < 1.29 is 23.5 Å². The molecule has 0 saturated heterocycles. The van der Waals surface area contributed by atoms with Crippen LogP contribution in [0, 0.1) is 5.41 Å². The molecular formula is C10H21O5P. The number of aliphatic carboxylic acids is 1. The van der Waals surface area contributed by atoms with Gasteiger partial charge in [0.15, 0.2) is 5.66 Å². The van der Waals surface area contributed by atoms with Crippen LogP contribution in [-0.2, 0) is 18.4 Å². The fourth-order valence-corrected chi connectivity index (χ4v) is 3.84. The van der Waals surface area contributed by atoms with Crippen molar-refractivity contribution in [3.63, 3.8) is 0 Å². The zero-order chi connectivity index (χ0) is 13.0. The van der Waals surface area contributed by atoms with E-state index in [9.17, 15) is 9.36 Å². The third kappa shape index (κ3) is 3.89. The molecule has 0 saturated carbocycles. The second-order valence-corrected chi connectivity index (χ2v) is 6.59. The van der Waals surface area contributed by atoms with Gasteiger partial charge in [-0.05, 0) is 19.3 Å². The highest BCUT2D eigenvalue weighted by Crippen LogP contribution is 2.58. The Hall–Kier alpha value is -0.380.